The molecule has 0 atom stereocenters. The van der Waals surface area contributed by atoms with Crippen molar-refractivity contribution in [2.45, 2.75) is 0 Å². The molecule has 2 aliphatic heterocycles. The third kappa shape index (κ3) is 6.82. The van der Waals surface area contributed by atoms with Crippen molar-refractivity contribution < 1.29 is 0 Å². The Morgan fingerprint density at radius 1 is 0.205 bits per heavy atom. The molecule has 0 radical (unpaired) electrons. The Morgan fingerprint density at radius 3 is 0.936 bits per heavy atom. The van der Waals surface area contributed by atoms with Gasteiger partial charge in [-0.05, 0) is 48.0 Å². The molecule has 0 bridgehead atoms. The van der Waals surface area contributed by atoms with Crippen LogP contribution in [0.1, 0.15) is 0 Å². The second-order valence-electron chi connectivity index (χ2n) is 21.4. The summed E-state index contributed by atoms with van der Waals surface area (Å²) in [6.07, 6.45) is 0. The van der Waals surface area contributed by atoms with Crippen LogP contribution in [0.2, 0.25) is 0 Å². The average Bonchev–Trinajstić information content (AvgIpc) is 4.07. The van der Waals surface area contributed by atoms with Gasteiger partial charge in [-0.3, -0.25) is 0 Å². The molecule has 4 heterocycles. The molecule has 358 valence electrons. The molecule has 6 heteroatoms. The highest BCUT2D eigenvalue weighted by Gasteiger charge is 2.41. The van der Waals surface area contributed by atoms with Crippen LogP contribution in [0.3, 0.4) is 0 Å². The Kier molecular flexibility index (Phi) is 10.4. The number of hydrogen-bond acceptors (Lipinski definition) is 0. The van der Waals surface area contributed by atoms with Gasteiger partial charge in [-0.2, -0.15) is 0 Å². The summed E-state index contributed by atoms with van der Waals surface area (Å²) < 4.78 is 5.05. The fourth-order valence-corrected chi connectivity index (χ4v) is 14.2. The Balaban J connectivity index is 1.00. The summed E-state index contributed by atoms with van der Waals surface area (Å²) in [6.45, 7) is 0.138. The summed E-state index contributed by atoms with van der Waals surface area (Å²) in [7, 11) is 0. The first kappa shape index (κ1) is 44.8. The zero-order valence-electron chi connectivity index (χ0n) is 42.9. The van der Waals surface area contributed by atoms with E-state index in [4.69, 9.17) is 0 Å². The van der Waals surface area contributed by atoms with Crippen LogP contribution < -0.4 is 65.6 Å². The van der Waals surface area contributed by atoms with E-state index < -0.39 is 0 Å². The maximum Gasteiger partial charge on any atom is 0.240 e. The van der Waals surface area contributed by atoms with E-state index in [1.165, 1.54) is 120 Å². The van der Waals surface area contributed by atoms with Crippen molar-refractivity contribution in [3.8, 4) is 22.5 Å². The third-order valence-electron chi connectivity index (χ3n) is 17.4. The average molecular weight is 984 g/mol. The topological polar surface area (TPSA) is 9.86 Å². The van der Waals surface area contributed by atoms with Crippen LogP contribution in [0.4, 0.5) is 0 Å². The van der Waals surface area contributed by atoms with Gasteiger partial charge in [0.05, 0.1) is 27.8 Å². The highest BCUT2D eigenvalue weighted by atomic mass is 15.0. The maximum absolute atomic E-state index is 2.57. The third-order valence-corrected chi connectivity index (χ3v) is 17.4. The number of fused-ring (bicyclic) bond motifs is 10. The molecule has 0 unspecified atom stereocenters. The summed E-state index contributed by atoms with van der Waals surface area (Å²) >= 11 is 0. The van der Waals surface area contributed by atoms with Gasteiger partial charge in [0.1, 0.15) is 0 Å². The van der Waals surface area contributed by atoms with Gasteiger partial charge in [-0.25, -0.2) is 0 Å². The molecule has 0 saturated heterocycles. The predicted octanol–water partition coefficient (Wildman–Crippen LogP) is 8.24. The fraction of sp³-hybridized carbons (Fsp3) is 0. The molecule has 0 N–H and O–H groups in total. The molecule has 12 aromatic carbocycles. The van der Waals surface area contributed by atoms with Crippen LogP contribution in [0.15, 0.2) is 291 Å². The molecule has 0 amide bonds. The van der Waals surface area contributed by atoms with Crippen LogP contribution >= 0.6 is 0 Å². The summed E-state index contributed by atoms with van der Waals surface area (Å²) in [4.78, 5) is 0. The lowest BCUT2D eigenvalue weighted by molar-refractivity contribution is 1.18. The van der Waals surface area contributed by atoms with Gasteiger partial charge < -0.3 is 9.13 Å². The first-order valence-electron chi connectivity index (χ1n) is 27.5. The van der Waals surface area contributed by atoms with Crippen LogP contribution in [0.5, 0.6) is 0 Å². The van der Waals surface area contributed by atoms with E-state index in [2.05, 4.69) is 300 Å². The standard InChI is InChI=1S/C72H48B4N2/c1-3-23-49(24-4-1)73-59-31-11-13-33-61(59)75(62-34-14-12-32-60(62)73)51-43-45-58(72(47-51)78-70-41-21-9-29-56(70)57-30-10-22-42-71(57)78)53-46-44-52(77-68-39-19-7-27-54(68)55-28-8-20-40-69(55)77)48-67(53)76-65-37-17-15-35-63(65)74(50-25-5-2-6-26-50)64-36-16-18-38-66(64)76/h1-48H. The molecule has 2 aromatic heterocycles. The van der Waals surface area contributed by atoms with Crippen molar-refractivity contribution in [1.82, 2.24) is 9.13 Å². The maximum atomic E-state index is 2.57. The van der Waals surface area contributed by atoms with Crippen molar-refractivity contribution in [3.63, 3.8) is 0 Å². The zero-order valence-corrected chi connectivity index (χ0v) is 42.9. The summed E-state index contributed by atoms with van der Waals surface area (Å²) in [5.74, 6) is 0. The van der Waals surface area contributed by atoms with Gasteiger partial charge in [0, 0.05) is 32.8 Å². The number of benzene rings is 12. The van der Waals surface area contributed by atoms with E-state index in [1.54, 1.807) is 0 Å². The highest BCUT2D eigenvalue weighted by molar-refractivity contribution is 7.12. The first-order valence-corrected chi connectivity index (χ1v) is 27.5. The molecular formula is C72H48B4N2. The van der Waals surface area contributed by atoms with Gasteiger partial charge in [0.2, 0.25) is 26.9 Å². The molecule has 2 aliphatic rings. The van der Waals surface area contributed by atoms with Crippen molar-refractivity contribution in [2.75, 3.05) is 0 Å². The minimum absolute atomic E-state index is 0.00224. The molecule has 0 fully saturated rings. The summed E-state index contributed by atoms with van der Waals surface area (Å²) in [6, 6.07) is 110. The van der Waals surface area contributed by atoms with Crippen molar-refractivity contribution in [1.29, 1.82) is 0 Å². The van der Waals surface area contributed by atoms with Gasteiger partial charge in [0.15, 0.2) is 0 Å². The number of aromatic nitrogens is 2. The van der Waals surface area contributed by atoms with E-state index in [1.807, 2.05) is 0 Å². The predicted molar refractivity (Wildman–Crippen MR) is 338 cm³/mol. The van der Waals surface area contributed by atoms with Crippen LogP contribution in [0, 0.1) is 0 Å². The number of rotatable bonds is 7. The fourth-order valence-electron chi connectivity index (χ4n) is 14.2. The largest absolute Gasteiger partial charge is 0.309 e. The normalized spacial score (nSPS) is 12.8. The Hall–Kier alpha value is -9.50. The molecule has 2 nitrogen and oxygen atoms in total. The number of hydrogen-bond donors (Lipinski definition) is 0. The summed E-state index contributed by atoms with van der Waals surface area (Å²) in [5.41, 5.74) is 25.4. The Morgan fingerprint density at radius 2 is 0.526 bits per heavy atom. The lowest BCUT2D eigenvalue weighted by atomic mass is 9.21. The summed E-state index contributed by atoms with van der Waals surface area (Å²) in [5, 5.41) is 4.99. The van der Waals surface area contributed by atoms with Crippen molar-refractivity contribution >= 4 is 136 Å². The van der Waals surface area contributed by atoms with Crippen LogP contribution in [-0.4, -0.2) is 36.0 Å². The molecule has 0 aliphatic carbocycles. The van der Waals surface area contributed by atoms with Crippen LogP contribution in [0.25, 0.3) is 66.1 Å². The Bertz CT molecular complexity index is 4470. The van der Waals surface area contributed by atoms with Crippen molar-refractivity contribution in [3.05, 3.63) is 291 Å². The highest BCUT2D eigenvalue weighted by Crippen LogP contribution is 2.37. The quantitative estimate of drug-likeness (QED) is 0.143. The minimum Gasteiger partial charge on any atom is -0.309 e. The lowest BCUT2D eigenvalue weighted by Crippen LogP contribution is -2.75. The molecule has 14 aromatic rings. The number of nitrogens with zero attached hydrogens (tertiary/aromatic N) is 2. The molecular weight excluding hydrogens is 936 g/mol. The van der Waals surface area contributed by atoms with Gasteiger partial charge in [-0.15, -0.1) is 0 Å². The molecule has 0 spiro atoms. The van der Waals surface area contributed by atoms with Crippen LogP contribution in [-0.2, 0) is 0 Å². The number of para-hydroxylation sites is 4. The smallest absolute Gasteiger partial charge is 0.240 e. The van der Waals surface area contributed by atoms with Crippen molar-refractivity contribution in [2.24, 2.45) is 0 Å². The van der Waals surface area contributed by atoms with E-state index in [9.17, 15) is 0 Å². The van der Waals surface area contributed by atoms with E-state index in [0.29, 0.717) is 0 Å². The second-order valence-corrected chi connectivity index (χ2v) is 21.4. The molecule has 16 rings (SSSR count). The van der Waals surface area contributed by atoms with E-state index in [-0.39, 0.29) is 26.9 Å². The SMILES string of the molecule is c1ccc(B2c3ccccc3B(c3ccc(-c4ccc(-n5c6ccccc6c6ccccc65)cc4B4c5ccccc5B(c5ccccc5)c5ccccc54)c(-n4c5ccccc5c5ccccc54)c3)c3ccccc32)cc1. The lowest BCUT2D eigenvalue weighted by Gasteiger charge is -2.33. The Labute approximate surface area is 456 Å². The van der Waals surface area contributed by atoms with E-state index >= 15 is 0 Å². The van der Waals surface area contributed by atoms with Gasteiger partial charge >= 0.3 is 0 Å². The molecule has 78 heavy (non-hydrogen) atoms. The monoisotopic (exact) mass is 984 g/mol. The molecule has 0 saturated carbocycles. The van der Waals surface area contributed by atoms with Gasteiger partial charge in [-0.1, -0.05) is 314 Å². The minimum atomic E-state index is -0.0851. The second kappa shape index (κ2) is 18.1. The first-order chi connectivity index (χ1) is 38.8. The van der Waals surface area contributed by atoms with E-state index in [0.717, 1.165) is 11.4 Å². The van der Waals surface area contributed by atoms with Gasteiger partial charge in [0.25, 0.3) is 0 Å². The zero-order chi connectivity index (χ0) is 51.3.